The first-order valence-corrected chi connectivity index (χ1v) is 11.5. The van der Waals surface area contributed by atoms with E-state index in [-0.39, 0.29) is 46.8 Å². The van der Waals surface area contributed by atoms with E-state index in [1.807, 2.05) is 6.07 Å². The molecule has 4 rings (SSSR count). The average molecular weight is 546 g/mol. The number of carboxylic acid groups (broad SMARTS) is 1. The summed E-state index contributed by atoms with van der Waals surface area (Å²) < 4.78 is 50.1. The Hall–Kier alpha value is -4.22. The number of nitrogens with zero attached hydrogens (tertiary/aromatic N) is 2. The van der Waals surface area contributed by atoms with Gasteiger partial charge in [-0.3, -0.25) is 4.79 Å². The van der Waals surface area contributed by atoms with Crippen molar-refractivity contribution < 1.29 is 37.0 Å². The summed E-state index contributed by atoms with van der Waals surface area (Å²) in [6, 6.07) is 14.6. The van der Waals surface area contributed by atoms with E-state index in [1.54, 1.807) is 24.3 Å². The number of carbonyl (C=O) groups excluding carboxylic acids is 1. The summed E-state index contributed by atoms with van der Waals surface area (Å²) in [5.41, 5.74) is 0.114. The first-order valence-electron chi connectivity index (χ1n) is 11.1. The molecule has 38 heavy (non-hydrogen) atoms. The van der Waals surface area contributed by atoms with Gasteiger partial charge in [-0.2, -0.15) is 13.2 Å². The van der Waals surface area contributed by atoms with Crippen LogP contribution >= 0.6 is 11.6 Å². The minimum absolute atomic E-state index is 0.0732. The fourth-order valence-electron chi connectivity index (χ4n) is 3.38. The molecule has 0 saturated carbocycles. The van der Waals surface area contributed by atoms with E-state index in [1.165, 1.54) is 18.3 Å². The number of hydrogen-bond acceptors (Lipinski definition) is 6. The SMILES string of the molecule is O=C(NC(COCc1ccccc1)C(=O)O)c1nc(-c2ccc(C(F)(F)F)cc2)oc1-c1ccc(Cl)nc1. The maximum Gasteiger partial charge on any atom is 0.416 e. The second kappa shape index (κ2) is 11.4. The Morgan fingerprint density at radius 3 is 2.32 bits per heavy atom. The molecule has 196 valence electrons. The summed E-state index contributed by atoms with van der Waals surface area (Å²) >= 11 is 5.84. The molecule has 4 aromatic rings. The van der Waals surface area contributed by atoms with Crippen LogP contribution in [0.15, 0.2) is 77.3 Å². The van der Waals surface area contributed by atoms with Crippen LogP contribution in [0.5, 0.6) is 0 Å². The highest BCUT2D eigenvalue weighted by atomic mass is 35.5. The first-order chi connectivity index (χ1) is 18.1. The number of oxazole rings is 1. The van der Waals surface area contributed by atoms with Crippen LogP contribution in [0.3, 0.4) is 0 Å². The van der Waals surface area contributed by atoms with Crippen molar-refractivity contribution in [1.82, 2.24) is 15.3 Å². The van der Waals surface area contributed by atoms with E-state index in [2.05, 4.69) is 15.3 Å². The van der Waals surface area contributed by atoms with E-state index in [9.17, 15) is 27.9 Å². The summed E-state index contributed by atoms with van der Waals surface area (Å²) in [7, 11) is 0. The van der Waals surface area contributed by atoms with Gasteiger partial charge in [-0.25, -0.2) is 14.8 Å². The van der Waals surface area contributed by atoms with Crippen LogP contribution in [0.4, 0.5) is 13.2 Å². The maximum absolute atomic E-state index is 13.1. The fourth-order valence-corrected chi connectivity index (χ4v) is 3.49. The highest BCUT2D eigenvalue weighted by molar-refractivity contribution is 6.29. The van der Waals surface area contributed by atoms with Crippen LogP contribution in [0.2, 0.25) is 5.15 Å². The summed E-state index contributed by atoms with van der Waals surface area (Å²) in [6.45, 7) is -0.207. The molecule has 1 amide bonds. The molecule has 0 aliphatic rings. The molecule has 0 spiro atoms. The largest absolute Gasteiger partial charge is 0.480 e. The number of aliphatic carboxylic acids is 1. The standard InChI is InChI=1S/C26H19ClF3N3O5/c27-20-11-8-17(12-31-20)22-21(33-24(38-22)16-6-9-18(10-7-16)26(28,29)30)23(34)32-19(25(35)36)14-37-13-15-4-2-1-3-5-15/h1-12,19H,13-14H2,(H,32,34)(H,35,36). The molecule has 2 aromatic heterocycles. The predicted octanol–water partition coefficient (Wildman–Crippen LogP) is 5.48. The third-order valence-corrected chi connectivity index (χ3v) is 5.51. The third-order valence-electron chi connectivity index (χ3n) is 5.29. The Bertz CT molecular complexity index is 1410. The molecule has 0 aliphatic carbocycles. The van der Waals surface area contributed by atoms with Gasteiger partial charge in [0.2, 0.25) is 5.89 Å². The Balaban J connectivity index is 1.60. The number of rotatable bonds is 9. The van der Waals surface area contributed by atoms with Crippen molar-refractivity contribution in [2.45, 2.75) is 18.8 Å². The molecule has 2 aromatic carbocycles. The number of benzene rings is 2. The Morgan fingerprint density at radius 1 is 1.03 bits per heavy atom. The van der Waals surface area contributed by atoms with Crippen molar-refractivity contribution in [3.05, 3.63) is 94.9 Å². The van der Waals surface area contributed by atoms with Crippen LogP contribution in [-0.4, -0.2) is 39.6 Å². The Morgan fingerprint density at radius 2 is 1.71 bits per heavy atom. The van der Waals surface area contributed by atoms with Gasteiger partial charge >= 0.3 is 12.1 Å². The van der Waals surface area contributed by atoms with Crippen molar-refractivity contribution in [3.8, 4) is 22.8 Å². The number of amides is 1. The minimum atomic E-state index is -4.53. The highest BCUT2D eigenvalue weighted by Crippen LogP contribution is 2.33. The van der Waals surface area contributed by atoms with Crippen LogP contribution in [0, 0.1) is 0 Å². The topological polar surface area (TPSA) is 115 Å². The van der Waals surface area contributed by atoms with Gasteiger partial charge in [0.15, 0.2) is 17.5 Å². The zero-order valence-corrected chi connectivity index (χ0v) is 20.2. The zero-order chi connectivity index (χ0) is 27.3. The van der Waals surface area contributed by atoms with Crippen molar-refractivity contribution in [3.63, 3.8) is 0 Å². The average Bonchev–Trinajstić information content (AvgIpc) is 3.34. The monoisotopic (exact) mass is 545 g/mol. The number of halogens is 4. The van der Waals surface area contributed by atoms with Gasteiger partial charge in [0.05, 0.1) is 18.8 Å². The summed E-state index contributed by atoms with van der Waals surface area (Å²) in [6.07, 6.45) is -3.22. The lowest BCUT2D eigenvalue weighted by atomic mass is 10.1. The lowest BCUT2D eigenvalue weighted by Crippen LogP contribution is -2.44. The van der Waals surface area contributed by atoms with Crippen molar-refractivity contribution in [2.24, 2.45) is 0 Å². The predicted molar refractivity (Wildman–Crippen MR) is 130 cm³/mol. The highest BCUT2D eigenvalue weighted by Gasteiger charge is 2.31. The molecule has 0 radical (unpaired) electrons. The van der Waals surface area contributed by atoms with E-state index < -0.39 is 29.7 Å². The van der Waals surface area contributed by atoms with Crippen LogP contribution in [0.25, 0.3) is 22.8 Å². The molecular weight excluding hydrogens is 527 g/mol. The molecule has 1 unspecified atom stereocenters. The van der Waals surface area contributed by atoms with Gasteiger partial charge < -0.3 is 19.6 Å². The normalized spacial score (nSPS) is 12.2. The Labute approximate surface area is 219 Å². The van der Waals surface area contributed by atoms with E-state index in [0.717, 1.165) is 29.8 Å². The number of pyridine rings is 1. The number of ether oxygens (including phenoxy) is 1. The number of nitrogens with one attached hydrogen (secondary N) is 1. The molecule has 0 aliphatic heterocycles. The lowest BCUT2D eigenvalue weighted by molar-refractivity contribution is -0.141. The van der Waals surface area contributed by atoms with Gasteiger partial charge in [0.25, 0.3) is 5.91 Å². The van der Waals surface area contributed by atoms with Crippen LogP contribution < -0.4 is 5.32 Å². The van der Waals surface area contributed by atoms with Crippen molar-refractivity contribution in [1.29, 1.82) is 0 Å². The van der Waals surface area contributed by atoms with Gasteiger partial charge in [0.1, 0.15) is 5.15 Å². The second-order valence-electron chi connectivity index (χ2n) is 8.01. The van der Waals surface area contributed by atoms with Crippen molar-refractivity contribution in [2.75, 3.05) is 6.61 Å². The van der Waals surface area contributed by atoms with E-state index >= 15 is 0 Å². The van der Waals surface area contributed by atoms with Gasteiger partial charge in [-0.05, 0) is 42.0 Å². The number of aromatic nitrogens is 2. The number of alkyl halides is 3. The maximum atomic E-state index is 13.1. The van der Waals surface area contributed by atoms with Crippen LogP contribution in [0.1, 0.15) is 21.6 Å². The third kappa shape index (κ3) is 6.55. The molecule has 2 N–H and O–H groups in total. The van der Waals surface area contributed by atoms with Crippen LogP contribution in [-0.2, 0) is 22.3 Å². The molecule has 8 nitrogen and oxygen atoms in total. The van der Waals surface area contributed by atoms with Gasteiger partial charge in [-0.15, -0.1) is 0 Å². The van der Waals surface area contributed by atoms with Gasteiger partial charge in [0, 0.05) is 17.3 Å². The van der Waals surface area contributed by atoms with Crippen molar-refractivity contribution >= 4 is 23.5 Å². The molecule has 2 heterocycles. The molecule has 0 fully saturated rings. The molecule has 1 atom stereocenters. The molecule has 0 bridgehead atoms. The number of carboxylic acids is 1. The Kier molecular flexibility index (Phi) is 8.08. The van der Waals surface area contributed by atoms with E-state index in [4.69, 9.17) is 20.8 Å². The zero-order valence-electron chi connectivity index (χ0n) is 19.4. The summed E-state index contributed by atoms with van der Waals surface area (Å²) in [4.78, 5) is 33.0. The molecule has 12 heteroatoms. The fraction of sp³-hybridized carbons (Fsp3) is 0.154. The molecular formula is C26H19ClF3N3O5. The minimum Gasteiger partial charge on any atom is -0.480 e. The first kappa shape index (κ1) is 26.8. The molecule has 0 saturated heterocycles. The quantitative estimate of drug-likeness (QED) is 0.268. The summed E-state index contributed by atoms with van der Waals surface area (Å²) in [5, 5.41) is 12.1. The number of hydrogen-bond donors (Lipinski definition) is 2. The smallest absolute Gasteiger partial charge is 0.416 e. The second-order valence-corrected chi connectivity index (χ2v) is 8.39. The van der Waals surface area contributed by atoms with E-state index in [0.29, 0.717) is 0 Å². The lowest BCUT2D eigenvalue weighted by Gasteiger charge is -2.14. The number of carbonyl (C=O) groups is 2. The summed E-state index contributed by atoms with van der Waals surface area (Å²) in [5.74, 6) is -2.46. The van der Waals surface area contributed by atoms with Gasteiger partial charge in [-0.1, -0.05) is 41.9 Å².